The number of carbonyl (C=O) groups is 1. The molecule has 4 nitrogen and oxygen atoms in total. The van der Waals surface area contributed by atoms with Crippen molar-refractivity contribution >= 4 is 11.6 Å². The number of hydrogen-bond acceptors (Lipinski definition) is 3. The van der Waals surface area contributed by atoms with Gasteiger partial charge in [-0.25, -0.2) is 0 Å². The average molecular weight is 207 g/mol. The molecule has 0 radical (unpaired) electrons. The largest absolute Gasteiger partial charge is 0.496 e. The van der Waals surface area contributed by atoms with Crippen molar-refractivity contribution in [1.29, 1.82) is 0 Å². The highest BCUT2D eigenvalue weighted by Gasteiger charge is 2.32. The number of hydrogen-bond donors (Lipinski definition) is 1. The quantitative estimate of drug-likeness (QED) is 0.803. The van der Waals surface area contributed by atoms with Crippen molar-refractivity contribution in [3.05, 3.63) is 17.7 Å². The summed E-state index contributed by atoms with van der Waals surface area (Å²) in [6, 6.07) is 3.60. The highest BCUT2D eigenvalue weighted by atomic mass is 16.5. The third kappa shape index (κ3) is 1.33. The van der Waals surface area contributed by atoms with E-state index in [0.29, 0.717) is 5.75 Å². The number of nitrogens with one attached hydrogen (secondary N) is 1. The lowest BCUT2D eigenvalue weighted by Gasteiger charge is -2.11. The first kappa shape index (κ1) is 9.83. The van der Waals surface area contributed by atoms with Crippen molar-refractivity contribution in [2.75, 3.05) is 19.5 Å². The fourth-order valence-electron chi connectivity index (χ4n) is 1.85. The summed E-state index contributed by atoms with van der Waals surface area (Å²) in [5.74, 6) is 1.18. The molecule has 1 aromatic rings. The van der Waals surface area contributed by atoms with Gasteiger partial charge < -0.3 is 14.8 Å². The maximum atomic E-state index is 11.5. The molecule has 1 N–H and O–H groups in total. The van der Waals surface area contributed by atoms with Gasteiger partial charge >= 0.3 is 0 Å². The van der Waals surface area contributed by atoms with E-state index in [2.05, 4.69) is 5.32 Å². The van der Waals surface area contributed by atoms with Crippen LogP contribution in [0.4, 0.5) is 5.69 Å². The standard InChI is InChI=1S/C11H13NO3/c1-6-9-7(14-2)4-5-8(15-3)10(9)12-11(6)13/h4-6H,1-3H3,(H,12,13). The minimum Gasteiger partial charge on any atom is -0.496 e. The van der Waals surface area contributed by atoms with E-state index in [1.807, 2.05) is 13.0 Å². The maximum Gasteiger partial charge on any atom is 0.231 e. The van der Waals surface area contributed by atoms with Crippen LogP contribution in [0.1, 0.15) is 18.4 Å². The molecule has 1 unspecified atom stereocenters. The SMILES string of the molecule is COc1ccc(OC)c2c1NC(=O)C2C. The Hall–Kier alpha value is -1.71. The van der Waals surface area contributed by atoms with E-state index in [0.717, 1.165) is 17.0 Å². The Morgan fingerprint density at radius 1 is 1.20 bits per heavy atom. The maximum absolute atomic E-state index is 11.5. The van der Waals surface area contributed by atoms with Gasteiger partial charge in [0.05, 0.1) is 25.8 Å². The molecular formula is C11H13NO3. The molecule has 2 rings (SSSR count). The third-order valence-corrected chi connectivity index (χ3v) is 2.68. The van der Waals surface area contributed by atoms with Crippen molar-refractivity contribution in [3.8, 4) is 11.5 Å². The van der Waals surface area contributed by atoms with Crippen molar-refractivity contribution < 1.29 is 14.3 Å². The first-order valence-electron chi connectivity index (χ1n) is 4.74. The van der Waals surface area contributed by atoms with Crippen LogP contribution in [0.15, 0.2) is 12.1 Å². The number of anilines is 1. The van der Waals surface area contributed by atoms with Crippen LogP contribution in [-0.2, 0) is 4.79 Å². The Labute approximate surface area is 88.2 Å². The van der Waals surface area contributed by atoms with Gasteiger partial charge in [-0.05, 0) is 19.1 Å². The van der Waals surface area contributed by atoms with Gasteiger partial charge in [-0.2, -0.15) is 0 Å². The van der Waals surface area contributed by atoms with Crippen LogP contribution in [0, 0.1) is 0 Å². The molecular weight excluding hydrogens is 194 g/mol. The van der Waals surface area contributed by atoms with Crippen LogP contribution >= 0.6 is 0 Å². The molecule has 0 aromatic heterocycles. The Morgan fingerprint density at radius 3 is 2.40 bits per heavy atom. The molecule has 0 saturated heterocycles. The second-order valence-electron chi connectivity index (χ2n) is 3.47. The predicted octanol–water partition coefficient (Wildman–Crippen LogP) is 1.76. The number of fused-ring (bicyclic) bond motifs is 1. The zero-order valence-corrected chi connectivity index (χ0v) is 8.96. The lowest BCUT2D eigenvalue weighted by atomic mass is 10.0. The van der Waals surface area contributed by atoms with Crippen molar-refractivity contribution in [3.63, 3.8) is 0 Å². The molecule has 0 bridgehead atoms. The molecule has 1 aromatic carbocycles. The Balaban J connectivity index is 2.62. The smallest absolute Gasteiger partial charge is 0.231 e. The summed E-state index contributed by atoms with van der Waals surface area (Å²) in [4.78, 5) is 11.5. The molecule has 1 aliphatic rings. The van der Waals surface area contributed by atoms with Gasteiger partial charge in [0.25, 0.3) is 0 Å². The molecule has 1 atom stereocenters. The summed E-state index contributed by atoms with van der Waals surface area (Å²) in [7, 11) is 3.18. The van der Waals surface area contributed by atoms with Gasteiger partial charge in [0.1, 0.15) is 11.5 Å². The molecule has 1 aliphatic heterocycles. The Bertz CT molecular complexity index is 415. The fraction of sp³-hybridized carbons (Fsp3) is 0.364. The van der Waals surface area contributed by atoms with Crippen LogP contribution in [0.2, 0.25) is 0 Å². The Morgan fingerprint density at radius 2 is 1.80 bits per heavy atom. The highest BCUT2D eigenvalue weighted by molar-refractivity contribution is 6.05. The van der Waals surface area contributed by atoms with Gasteiger partial charge in [-0.15, -0.1) is 0 Å². The summed E-state index contributed by atoms with van der Waals surface area (Å²) in [6.07, 6.45) is 0. The van der Waals surface area contributed by atoms with Gasteiger partial charge in [-0.3, -0.25) is 4.79 Å². The zero-order valence-electron chi connectivity index (χ0n) is 8.96. The Kier molecular flexibility index (Phi) is 2.26. The van der Waals surface area contributed by atoms with E-state index in [9.17, 15) is 4.79 Å². The van der Waals surface area contributed by atoms with Crippen LogP contribution in [0.3, 0.4) is 0 Å². The molecule has 0 saturated carbocycles. The molecule has 0 fully saturated rings. The number of methoxy groups -OCH3 is 2. The number of carbonyl (C=O) groups excluding carboxylic acids is 1. The summed E-state index contributed by atoms with van der Waals surface area (Å²) in [5.41, 5.74) is 1.61. The van der Waals surface area contributed by atoms with E-state index >= 15 is 0 Å². The van der Waals surface area contributed by atoms with Gasteiger partial charge in [-0.1, -0.05) is 0 Å². The summed E-state index contributed by atoms with van der Waals surface area (Å²) < 4.78 is 10.4. The monoisotopic (exact) mass is 207 g/mol. The molecule has 0 aliphatic carbocycles. The number of amides is 1. The van der Waals surface area contributed by atoms with E-state index < -0.39 is 0 Å². The van der Waals surface area contributed by atoms with Gasteiger partial charge in [0.2, 0.25) is 5.91 Å². The second-order valence-corrected chi connectivity index (χ2v) is 3.47. The first-order valence-corrected chi connectivity index (χ1v) is 4.74. The summed E-state index contributed by atoms with van der Waals surface area (Å²) >= 11 is 0. The lowest BCUT2D eigenvalue weighted by Crippen LogP contribution is -2.08. The number of benzene rings is 1. The molecule has 4 heteroatoms. The van der Waals surface area contributed by atoms with E-state index in [4.69, 9.17) is 9.47 Å². The predicted molar refractivity (Wildman–Crippen MR) is 56.6 cm³/mol. The average Bonchev–Trinajstić information content (AvgIpc) is 2.55. The van der Waals surface area contributed by atoms with Gasteiger partial charge in [0, 0.05) is 5.56 Å². The van der Waals surface area contributed by atoms with E-state index in [1.165, 1.54) is 0 Å². The van der Waals surface area contributed by atoms with E-state index in [-0.39, 0.29) is 11.8 Å². The minimum absolute atomic E-state index is 0.0206. The first-order chi connectivity index (χ1) is 7.19. The molecule has 1 amide bonds. The van der Waals surface area contributed by atoms with Crippen molar-refractivity contribution in [2.45, 2.75) is 12.8 Å². The molecule has 0 spiro atoms. The fourth-order valence-corrected chi connectivity index (χ4v) is 1.85. The molecule has 1 heterocycles. The zero-order chi connectivity index (χ0) is 11.0. The van der Waals surface area contributed by atoms with Crippen LogP contribution in [0.25, 0.3) is 0 Å². The minimum atomic E-state index is -0.190. The topological polar surface area (TPSA) is 47.6 Å². The van der Waals surface area contributed by atoms with Gasteiger partial charge in [0.15, 0.2) is 0 Å². The normalized spacial score (nSPS) is 18.3. The van der Waals surface area contributed by atoms with Crippen LogP contribution < -0.4 is 14.8 Å². The highest BCUT2D eigenvalue weighted by Crippen LogP contribution is 2.44. The van der Waals surface area contributed by atoms with Crippen LogP contribution in [-0.4, -0.2) is 20.1 Å². The summed E-state index contributed by atoms with van der Waals surface area (Å²) in [6.45, 7) is 1.85. The van der Waals surface area contributed by atoms with Crippen molar-refractivity contribution in [1.82, 2.24) is 0 Å². The van der Waals surface area contributed by atoms with Crippen LogP contribution in [0.5, 0.6) is 11.5 Å². The molecule has 80 valence electrons. The van der Waals surface area contributed by atoms with Crippen molar-refractivity contribution in [2.24, 2.45) is 0 Å². The summed E-state index contributed by atoms with van der Waals surface area (Å²) in [5, 5.41) is 2.80. The molecule has 15 heavy (non-hydrogen) atoms. The lowest BCUT2D eigenvalue weighted by molar-refractivity contribution is -0.116. The van der Waals surface area contributed by atoms with E-state index in [1.54, 1.807) is 20.3 Å². The number of ether oxygens (including phenoxy) is 2. The number of rotatable bonds is 2. The second kappa shape index (κ2) is 3.46. The third-order valence-electron chi connectivity index (χ3n) is 2.68.